The van der Waals surface area contributed by atoms with Crippen LogP contribution in [0.2, 0.25) is 0 Å². The van der Waals surface area contributed by atoms with E-state index >= 15 is 0 Å². The van der Waals surface area contributed by atoms with Crippen molar-refractivity contribution < 1.29 is 9.90 Å². The molecule has 0 aromatic heterocycles. The molecule has 28 heavy (non-hydrogen) atoms. The van der Waals surface area contributed by atoms with E-state index < -0.39 is 11.9 Å². The van der Waals surface area contributed by atoms with E-state index in [4.69, 9.17) is 0 Å². The topological polar surface area (TPSA) is 85.2 Å². The van der Waals surface area contributed by atoms with Gasteiger partial charge in [-0.3, -0.25) is 4.79 Å². The lowest BCUT2D eigenvalue weighted by Crippen LogP contribution is -2.30. The fourth-order valence-corrected chi connectivity index (χ4v) is 2.75. The van der Waals surface area contributed by atoms with Crippen LogP contribution in [0.1, 0.15) is 17.2 Å². The summed E-state index contributed by atoms with van der Waals surface area (Å²) in [7, 11) is 0. The van der Waals surface area contributed by atoms with Crippen LogP contribution in [0.25, 0.3) is 0 Å². The Bertz CT molecular complexity index is 969. The molecule has 138 valence electrons. The van der Waals surface area contributed by atoms with Gasteiger partial charge in [-0.1, -0.05) is 72.8 Å². The summed E-state index contributed by atoms with van der Waals surface area (Å²) in [5.41, 5.74) is 2.13. The maximum atomic E-state index is 12.7. The molecular formula is C23H19N3O2. The fraction of sp³-hybridized carbons (Fsp3) is 0.0435. The standard InChI is InChI=1S/C23H19N3O2/c24-15-19(16-25-20-13-7-8-14-21(20)27)23(28)26-22(17-9-3-1-4-10-17)18-11-5-2-6-12-18/h1-14,16,22,25,27H,(H,26,28)/b19-16-. The molecule has 0 aliphatic carbocycles. The Labute approximate surface area is 163 Å². The third kappa shape index (κ3) is 4.57. The van der Waals surface area contributed by atoms with E-state index in [-0.39, 0.29) is 11.3 Å². The highest BCUT2D eigenvalue weighted by Gasteiger charge is 2.19. The molecule has 0 radical (unpaired) electrons. The maximum absolute atomic E-state index is 12.7. The van der Waals surface area contributed by atoms with Crippen LogP contribution in [-0.4, -0.2) is 11.0 Å². The highest BCUT2D eigenvalue weighted by molar-refractivity contribution is 5.98. The van der Waals surface area contributed by atoms with E-state index in [9.17, 15) is 15.2 Å². The largest absolute Gasteiger partial charge is 0.506 e. The summed E-state index contributed by atoms with van der Waals surface area (Å²) >= 11 is 0. The summed E-state index contributed by atoms with van der Waals surface area (Å²) < 4.78 is 0. The van der Waals surface area contributed by atoms with Crippen LogP contribution in [0.5, 0.6) is 5.75 Å². The Kier molecular flexibility index (Phi) is 6.06. The first-order valence-corrected chi connectivity index (χ1v) is 8.74. The van der Waals surface area contributed by atoms with Gasteiger partial charge >= 0.3 is 0 Å². The third-order valence-electron chi connectivity index (χ3n) is 4.18. The zero-order valence-corrected chi connectivity index (χ0v) is 15.0. The van der Waals surface area contributed by atoms with Crippen LogP contribution in [0.3, 0.4) is 0 Å². The lowest BCUT2D eigenvalue weighted by Gasteiger charge is -2.19. The first-order chi connectivity index (χ1) is 13.7. The molecule has 0 saturated heterocycles. The molecule has 0 spiro atoms. The van der Waals surface area contributed by atoms with Crippen molar-refractivity contribution in [3.8, 4) is 11.8 Å². The molecule has 3 N–H and O–H groups in total. The number of carbonyl (C=O) groups is 1. The molecule has 3 aromatic rings. The van der Waals surface area contributed by atoms with Crippen LogP contribution < -0.4 is 10.6 Å². The summed E-state index contributed by atoms with van der Waals surface area (Å²) in [6.45, 7) is 0. The molecule has 3 rings (SSSR count). The number of rotatable bonds is 6. The van der Waals surface area contributed by atoms with Gasteiger partial charge < -0.3 is 15.7 Å². The number of anilines is 1. The molecule has 0 saturated carbocycles. The van der Waals surface area contributed by atoms with Crippen molar-refractivity contribution in [3.63, 3.8) is 0 Å². The number of phenols is 1. The lowest BCUT2D eigenvalue weighted by atomic mass is 9.98. The fourth-order valence-electron chi connectivity index (χ4n) is 2.75. The number of aromatic hydroxyl groups is 1. The van der Waals surface area contributed by atoms with Gasteiger partial charge in [0, 0.05) is 6.20 Å². The molecule has 0 aliphatic heterocycles. The molecule has 0 unspecified atom stereocenters. The normalized spacial score (nSPS) is 10.9. The Morgan fingerprint density at radius 3 is 1.96 bits per heavy atom. The van der Waals surface area contributed by atoms with Gasteiger partial charge in [0.05, 0.1) is 11.7 Å². The second-order valence-electron chi connectivity index (χ2n) is 6.06. The molecule has 0 aliphatic rings. The number of benzene rings is 3. The van der Waals surface area contributed by atoms with Gasteiger partial charge in [-0.05, 0) is 23.3 Å². The number of carbonyl (C=O) groups excluding carboxylic acids is 1. The average Bonchev–Trinajstić information content (AvgIpc) is 2.75. The van der Waals surface area contributed by atoms with Crippen molar-refractivity contribution in [2.75, 3.05) is 5.32 Å². The summed E-state index contributed by atoms with van der Waals surface area (Å²) in [5, 5.41) is 24.9. The van der Waals surface area contributed by atoms with Crippen molar-refractivity contribution >= 4 is 11.6 Å². The van der Waals surface area contributed by atoms with Gasteiger partial charge in [-0.15, -0.1) is 0 Å². The average molecular weight is 369 g/mol. The molecule has 3 aromatic carbocycles. The summed E-state index contributed by atoms with van der Waals surface area (Å²) in [5.74, 6) is -0.481. The number of phenolic OH excluding ortho intramolecular Hbond substituents is 1. The Balaban J connectivity index is 1.83. The van der Waals surface area contributed by atoms with E-state index in [1.165, 1.54) is 12.3 Å². The van der Waals surface area contributed by atoms with E-state index in [0.717, 1.165) is 11.1 Å². The summed E-state index contributed by atoms with van der Waals surface area (Å²) in [4.78, 5) is 12.7. The zero-order valence-electron chi connectivity index (χ0n) is 15.0. The van der Waals surface area contributed by atoms with Crippen molar-refractivity contribution in [3.05, 3.63) is 108 Å². The van der Waals surface area contributed by atoms with Gasteiger partial charge in [0.25, 0.3) is 5.91 Å². The molecule has 5 nitrogen and oxygen atoms in total. The van der Waals surface area contributed by atoms with Crippen LogP contribution in [0, 0.1) is 11.3 Å². The molecule has 0 bridgehead atoms. The van der Waals surface area contributed by atoms with Crippen LogP contribution in [0.15, 0.2) is 96.7 Å². The van der Waals surface area contributed by atoms with E-state index in [0.29, 0.717) is 5.69 Å². The van der Waals surface area contributed by atoms with Crippen LogP contribution in [-0.2, 0) is 4.79 Å². The number of nitrogens with zero attached hydrogens (tertiary/aromatic N) is 1. The molecule has 0 fully saturated rings. The van der Waals surface area contributed by atoms with E-state index in [1.54, 1.807) is 18.2 Å². The molecule has 0 atom stereocenters. The van der Waals surface area contributed by atoms with Crippen molar-refractivity contribution in [2.24, 2.45) is 0 Å². The predicted octanol–water partition coefficient (Wildman–Crippen LogP) is 4.12. The predicted molar refractivity (Wildman–Crippen MR) is 108 cm³/mol. The summed E-state index contributed by atoms with van der Waals surface area (Å²) in [6, 6.07) is 27.2. The number of nitriles is 1. The molecule has 0 heterocycles. The van der Waals surface area contributed by atoms with Gasteiger partial charge in [-0.2, -0.15) is 5.26 Å². The van der Waals surface area contributed by atoms with Gasteiger partial charge in [0.1, 0.15) is 17.4 Å². The van der Waals surface area contributed by atoms with E-state index in [1.807, 2.05) is 66.7 Å². The van der Waals surface area contributed by atoms with Crippen molar-refractivity contribution in [2.45, 2.75) is 6.04 Å². The van der Waals surface area contributed by atoms with Gasteiger partial charge in [0.2, 0.25) is 0 Å². The first-order valence-electron chi connectivity index (χ1n) is 8.74. The SMILES string of the molecule is N#C/C(=C/Nc1ccccc1O)C(=O)NC(c1ccccc1)c1ccccc1. The smallest absolute Gasteiger partial charge is 0.264 e. The number of para-hydroxylation sites is 2. The van der Waals surface area contributed by atoms with Crippen molar-refractivity contribution in [1.29, 1.82) is 5.26 Å². The minimum Gasteiger partial charge on any atom is -0.506 e. The monoisotopic (exact) mass is 369 g/mol. The van der Waals surface area contributed by atoms with Crippen LogP contribution >= 0.6 is 0 Å². The Morgan fingerprint density at radius 2 is 1.43 bits per heavy atom. The number of amides is 1. The highest BCUT2D eigenvalue weighted by atomic mass is 16.3. The minimum absolute atomic E-state index is 0.0305. The summed E-state index contributed by atoms with van der Waals surface area (Å²) in [6.07, 6.45) is 1.29. The number of hydrogen-bond donors (Lipinski definition) is 3. The zero-order chi connectivity index (χ0) is 19.8. The quantitative estimate of drug-likeness (QED) is 0.347. The molecule has 5 heteroatoms. The molecular weight excluding hydrogens is 350 g/mol. The third-order valence-corrected chi connectivity index (χ3v) is 4.18. The van der Waals surface area contributed by atoms with E-state index in [2.05, 4.69) is 10.6 Å². The lowest BCUT2D eigenvalue weighted by molar-refractivity contribution is -0.117. The maximum Gasteiger partial charge on any atom is 0.264 e. The second kappa shape index (κ2) is 9.06. The molecule has 1 amide bonds. The first kappa shape index (κ1) is 18.7. The Morgan fingerprint density at radius 1 is 0.893 bits per heavy atom. The Hall–Kier alpha value is -4.04. The number of hydrogen-bond acceptors (Lipinski definition) is 4. The van der Waals surface area contributed by atoms with Crippen molar-refractivity contribution in [1.82, 2.24) is 5.32 Å². The van der Waals surface area contributed by atoms with Crippen LogP contribution in [0.4, 0.5) is 5.69 Å². The number of nitrogens with one attached hydrogen (secondary N) is 2. The minimum atomic E-state index is -0.511. The van der Waals surface area contributed by atoms with Gasteiger partial charge in [0.15, 0.2) is 0 Å². The second-order valence-corrected chi connectivity index (χ2v) is 6.06. The highest BCUT2D eigenvalue weighted by Crippen LogP contribution is 2.23. The van der Waals surface area contributed by atoms with Gasteiger partial charge in [-0.25, -0.2) is 0 Å².